The summed E-state index contributed by atoms with van der Waals surface area (Å²) in [5.74, 6) is 0.0348. The number of nitrogens with one attached hydrogen (secondary N) is 2. The lowest BCUT2D eigenvalue weighted by Crippen LogP contribution is -3.13. The molecule has 0 aromatic heterocycles. The van der Waals surface area contributed by atoms with E-state index in [0.717, 1.165) is 51.4 Å². The van der Waals surface area contributed by atoms with E-state index < -0.39 is 0 Å². The quantitative estimate of drug-likeness (QED) is 0.635. The molecule has 3 aromatic rings. The van der Waals surface area contributed by atoms with Crippen molar-refractivity contribution in [1.29, 1.82) is 0 Å². The molecule has 5 rings (SSSR count). The van der Waals surface area contributed by atoms with Crippen LogP contribution in [0.5, 0.6) is 0 Å². The zero-order chi connectivity index (χ0) is 21.8. The SMILES string of the molecule is O=C(CN1CCc2ccccc21)Nc1ccc(N2CC[NH+](Cc3ccccc3)CC2)cc1. The summed E-state index contributed by atoms with van der Waals surface area (Å²) in [6.07, 6.45) is 1.01. The van der Waals surface area contributed by atoms with Crippen LogP contribution in [-0.4, -0.2) is 45.2 Å². The highest BCUT2D eigenvalue weighted by molar-refractivity contribution is 5.94. The van der Waals surface area contributed by atoms with Gasteiger partial charge < -0.3 is 20.0 Å². The Labute approximate surface area is 190 Å². The number of hydrogen-bond acceptors (Lipinski definition) is 3. The Kier molecular flexibility index (Phi) is 6.08. The van der Waals surface area contributed by atoms with E-state index in [4.69, 9.17) is 0 Å². The van der Waals surface area contributed by atoms with Gasteiger partial charge in [-0.3, -0.25) is 4.79 Å². The fourth-order valence-corrected chi connectivity index (χ4v) is 4.84. The topological polar surface area (TPSA) is 40.0 Å². The number of carbonyl (C=O) groups excluding carboxylic acids is 1. The van der Waals surface area contributed by atoms with Crippen LogP contribution in [0.15, 0.2) is 78.9 Å². The van der Waals surface area contributed by atoms with Crippen molar-refractivity contribution in [3.05, 3.63) is 90.0 Å². The van der Waals surface area contributed by atoms with Crippen molar-refractivity contribution in [1.82, 2.24) is 0 Å². The molecule has 0 saturated carbocycles. The molecule has 1 fully saturated rings. The van der Waals surface area contributed by atoms with Gasteiger partial charge in [-0.2, -0.15) is 0 Å². The highest BCUT2D eigenvalue weighted by Crippen LogP contribution is 2.27. The van der Waals surface area contributed by atoms with Crippen molar-refractivity contribution < 1.29 is 9.69 Å². The minimum absolute atomic E-state index is 0.0348. The first-order valence-electron chi connectivity index (χ1n) is 11.6. The number of anilines is 3. The zero-order valence-electron chi connectivity index (χ0n) is 18.5. The normalized spacial score (nSPS) is 16.1. The fraction of sp³-hybridized carbons (Fsp3) is 0.296. The monoisotopic (exact) mass is 427 g/mol. The molecule has 2 aliphatic rings. The van der Waals surface area contributed by atoms with Crippen molar-refractivity contribution in [2.24, 2.45) is 0 Å². The summed E-state index contributed by atoms with van der Waals surface area (Å²) in [6.45, 7) is 6.80. The van der Waals surface area contributed by atoms with E-state index in [1.807, 2.05) is 18.2 Å². The number of amides is 1. The van der Waals surface area contributed by atoms with E-state index in [1.54, 1.807) is 4.90 Å². The summed E-state index contributed by atoms with van der Waals surface area (Å²) < 4.78 is 0. The van der Waals surface area contributed by atoms with E-state index in [0.29, 0.717) is 6.54 Å². The van der Waals surface area contributed by atoms with Crippen LogP contribution in [0, 0.1) is 0 Å². The molecule has 3 aromatic carbocycles. The highest BCUT2D eigenvalue weighted by Gasteiger charge is 2.22. The van der Waals surface area contributed by atoms with Gasteiger partial charge in [-0.15, -0.1) is 0 Å². The summed E-state index contributed by atoms with van der Waals surface area (Å²) in [4.78, 5) is 18.8. The second-order valence-corrected chi connectivity index (χ2v) is 8.79. The largest absolute Gasteiger partial charge is 0.362 e. The maximum Gasteiger partial charge on any atom is 0.243 e. The van der Waals surface area contributed by atoms with Gasteiger partial charge in [-0.05, 0) is 42.3 Å². The molecule has 2 heterocycles. The van der Waals surface area contributed by atoms with Crippen LogP contribution in [0.2, 0.25) is 0 Å². The van der Waals surface area contributed by atoms with E-state index >= 15 is 0 Å². The van der Waals surface area contributed by atoms with Crippen LogP contribution in [0.1, 0.15) is 11.1 Å². The smallest absolute Gasteiger partial charge is 0.243 e. The minimum Gasteiger partial charge on any atom is -0.362 e. The maximum absolute atomic E-state index is 12.6. The van der Waals surface area contributed by atoms with Crippen molar-refractivity contribution in [3.63, 3.8) is 0 Å². The van der Waals surface area contributed by atoms with Crippen molar-refractivity contribution in [2.75, 3.05) is 54.4 Å². The van der Waals surface area contributed by atoms with Gasteiger partial charge in [0.25, 0.3) is 0 Å². The van der Waals surface area contributed by atoms with Gasteiger partial charge in [0.1, 0.15) is 6.54 Å². The molecule has 164 valence electrons. The number of nitrogens with zero attached hydrogens (tertiary/aromatic N) is 2. The van der Waals surface area contributed by atoms with Gasteiger partial charge in [0.2, 0.25) is 5.91 Å². The van der Waals surface area contributed by atoms with Crippen molar-refractivity contribution in [2.45, 2.75) is 13.0 Å². The number of fused-ring (bicyclic) bond motifs is 1. The van der Waals surface area contributed by atoms with Gasteiger partial charge in [0, 0.05) is 29.2 Å². The van der Waals surface area contributed by atoms with Crippen LogP contribution in [0.3, 0.4) is 0 Å². The first kappa shape index (κ1) is 20.6. The van der Waals surface area contributed by atoms with E-state index in [9.17, 15) is 4.79 Å². The fourth-order valence-electron chi connectivity index (χ4n) is 4.84. The molecule has 0 unspecified atom stereocenters. The van der Waals surface area contributed by atoms with E-state index in [2.05, 4.69) is 75.8 Å². The van der Waals surface area contributed by atoms with Gasteiger partial charge >= 0.3 is 0 Å². The van der Waals surface area contributed by atoms with Crippen LogP contribution in [-0.2, 0) is 17.8 Å². The highest BCUT2D eigenvalue weighted by atomic mass is 16.2. The number of quaternary nitrogens is 1. The standard InChI is InChI=1S/C27H30N4O/c32-27(21-31-15-14-23-8-4-5-9-26(23)31)28-24-10-12-25(13-11-24)30-18-16-29(17-19-30)20-22-6-2-1-3-7-22/h1-13H,14-21H2,(H,28,32)/p+1. The third kappa shape index (κ3) is 4.78. The maximum atomic E-state index is 12.6. The molecular formula is C27H31N4O+. The van der Waals surface area contributed by atoms with Crippen molar-refractivity contribution in [3.8, 4) is 0 Å². The van der Waals surface area contributed by atoms with Crippen LogP contribution < -0.4 is 20.0 Å². The third-order valence-electron chi connectivity index (χ3n) is 6.60. The second kappa shape index (κ2) is 9.45. The molecule has 0 atom stereocenters. The Morgan fingerprint density at radius 3 is 2.34 bits per heavy atom. The number of benzene rings is 3. The minimum atomic E-state index is 0.0348. The van der Waals surface area contributed by atoms with Gasteiger partial charge in [0.15, 0.2) is 0 Å². The lowest BCUT2D eigenvalue weighted by molar-refractivity contribution is -0.914. The van der Waals surface area contributed by atoms with Gasteiger partial charge in [-0.25, -0.2) is 0 Å². The molecule has 0 radical (unpaired) electrons. The van der Waals surface area contributed by atoms with Crippen LogP contribution in [0.25, 0.3) is 0 Å². The van der Waals surface area contributed by atoms with Gasteiger partial charge in [0.05, 0.1) is 32.7 Å². The predicted molar refractivity (Wildman–Crippen MR) is 130 cm³/mol. The summed E-state index contributed by atoms with van der Waals surface area (Å²) >= 11 is 0. The third-order valence-corrected chi connectivity index (χ3v) is 6.60. The van der Waals surface area contributed by atoms with E-state index in [1.165, 1.54) is 22.5 Å². The summed E-state index contributed by atoms with van der Waals surface area (Å²) in [6, 6.07) is 27.4. The molecular weight excluding hydrogens is 396 g/mol. The summed E-state index contributed by atoms with van der Waals surface area (Å²) in [5.41, 5.74) is 6.02. The molecule has 1 amide bonds. The Morgan fingerprint density at radius 1 is 0.844 bits per heavy atom. The average Bonchev–Trinajstić information content (AvgIpc) is 3.23. The van der Waals surface area contributed by atoms with Gasteiger partial charge in [-0.1, -0.05) is 48.5 Å². The number of para-hydroxylation sites is 1. The van der Waals surface area contributed by atoms with Crippen molar-refractivity contribution >= 4 is 23.0 Å². The molecule has 32 heavy (non-hydrogen) atoms. The number of rotatable bonds is 6. The molecule has 1 saturated heterocycles. The average molecular weight is 428 g/mol. The first-order chi connectivity index (χ1) is 15.7. The lowest BCUT2D eigenvalue weighted by Gasteiger charge is -2.33. The first-order valence-corrected chi connectivity index (χ1v) is 11.6. The molecule has 0 aliphatic carbocycles. The van der Waals surface area contributed by atoms with Crippen LogP contribution >= 0.6 is 0 Å². The molecule has 5 heteroatoms. The molecule has 0 spiro atoms. The molecule has 2 N–H and O–H groups in total. The second-order valence-electron chi connectivity index (χ2n) is 8.79. The predicted octanol–water partition coefficient (Wildman–Crippen LogP) is 2.59. The molecule has 2 aliphatic heterocycles. The molecule has 5 nitrogen and oxygen atoms in total. The lowest BCUT2D eigenvalue weighted by atomic mass is 10.2. The Morgan fingerprint density at radius 2 is 1.56 bits per heavy atom. The Hall–Kier alpha value is -3.31. The molecule has 0 bridgehead atoms. The zero-order valence-corrected chi connectivity index (χ0v) is 18.5. The Bertz CT molecular complexity index is 1040. The summed E-state index contributed by atoms with van der Waals surface area (Å²) in [7, 11) is 0. The van der Waals surface area contributed by atoms with Crippen LogP contribution in [0.4, 0.5) is 17.1 Å². The Balaban J connectivity index is 1.11. The summed E-state index contributed by atoms with van der Waals surface area (Å²) in [5, 5.41) is 3.06. The number of carbonyl (C=O) groups is 1. The number of piperazine rings is 1. The van der Waals surface area contributed by atoms with E-state index in [-0.39, 0.29) is 5.91 Å². The number of hydrogen-bond donors (Lipinski definition) is 2.